The number of carbonyl (C=O) groups excluding carboxylic acids is 1. The number of rotatable bonds is 3. The molecular formula is C14H6Cl3F3O3. The molecular weight excluding hydrogens is 380 g/mol. The van der Waals surface area contributed by atoms with Crippen LogP contribution in [0.2, 0.25) is 15.1 Å². The van der Waals surface area contributed by atoms with Crippen LogP contribution in [0.15, 0.2) is 36.4 Å². The Bertz CT molecular complexity index is 748. The van der Waals surface area contributed by atoms with Crippen LogP contribution >= 0.6 is 34.8 Å². The van der Waals surface area contributed by atoms with Gasteiger partial charge < -0.3 is 9.47 Å². The summed E-state index contributed by atoms with van der Waals surface area (Å²) in [6.45, 7) is 0. The van der Waals surface area contributed by atoms with E-state index in [9.17, 15) is 18.0 Å². The minimum absolute atomic E-state index is 0.0597. The van der Waals surface area contributed by atoms with Gasteiger partial charge in [0.1, 0.15) is 5.75 Å². The highest BCUT2D eigenvalue weighted by molar-refractivity contribution is 6.35. The Morgan fingerprint density at radius 1 is 0.870 bits per heavy atom. The Morgan fingerprint density at radius 3 is 2.00 bits per heavy atom. The molecule has 2 aromatic rings. The lowest BCUT2D eigenvalue weighted by atomic mass is 10.3. The first-order chi connectivity index (χ1) is 10.7. The third-order valence-corrected chi connectivity index (χ3v) is 3.22. The number of carbonyl (C=O) groups is 1. The largest absolute Gasteiger partial charge is 0.491 e. The second kappa shape index (κ2) is 6.86. The summed E-state index contributed by atoms with van der Waals surface area (Å²) in [6, 6.07) is 7.88. The van der Waals surface area contributed by atoms with Crippen molar-refractivity contribution in [2.45, 2.75) is 6.18 Å². The highest BCUT2D eigenvalue weighted by Gasteiger charge is 2.41. The van der Waals surface area contributed by atoms with Crippen LogP contribution in [0.5, 0.6) is 17.2 Å². The van der Waals surface area contributed by atoms with E-state index in [0.717, 1.165) is 6.07 Å². The molecule has 0 aliphatic carbocycles. The van der Waals surface area contributed by atoms with Gasteiger partial charge in [0.25, 0.3) is 0 Å². The molecule has 0 aliphatic rings. The van der Waals surface area contributed by atoms with Gasteiger partial charge >= 0.3 is 12.1 Å². The van der Waals surface area contributed by atoms with Crippen molar-refractivity contribution in [1.82, 2.24) is 0 Å². The molecule has 0 N–H and O–H groups in total. The highest BCUT2D eigenvalue weighted by Crippen LogP contribution is 2.38. The van der Waals surface area contributed by atoms with Gasteiger partial charge in [-0.05, 0) is 30.3 Å². The third-order valence-electron chi connectivity index (χ3n) is 2.45. The fourth-order valence-electron chi connectivity index (χ4n) is 1.48. The van der Waals surface area contributed by atoms with Crippen molar-refractivity contribution in [3.05, 3.63) is 51.5 Å². The zero-order chi connectivity index (χ0) is 17.2. The minimum Gasteiger partial charge on any atom is -0.452 e. The zero-order valence-corrected chi connectivity index (χ0v) is 13.2. The first-order valence-electron chi connectivity index (χ1n) is 5.88. The van der Waals surface area contributed by atoms with Crippen LogP contribution in [0.3, 0.4) is 0 Å². The zero-order valence-electron chi connectivity index (χ0n) is 11.0. The second-order valence-corrected chi connectivity index (χ2v) is 5.44. The maximum absolute atomic E-state index is 12.3. The monoisotopic (exact) mass is 384 g/mol. The molecule has 2 rings (SSSR count). The number of ether oxygens (including phenoxy) is 2. The Kier molecular flexibility index (Phi) is 5.29. The van der Waals surface area contributed by atoms with Crippen LogP contribution in [0.25, 0.3) is 0 Å². The average Bonchev–Trinajstić information content (AvgIpc) is 2.43. The molecule has 0 atom stereocenters. The molecule has 0 unspecified atom stereocenters. The summed E-state index contributed by atoms with van der Waals surface area (Å²) < 4.78 is 46.6. The Morgan fingerprint density at radius 2 is 1.43 bits per heavy atom. The summed E-state index contributed by atoms with van der Waals surface area (Å²) >= 11 is 17.4. The predicted octanol–water partition coefficient (Wildman–Crippen LogP) is 5.91. The van der Waals surface area contributed by atoms with E-state index in [1.807, 2.05) is 0 Å². The van der Waals surface area contributed by atoms with Crippen molar-refractivity contribution in [2.24, 2.45) is 0 Å². The van der Waals surface area contributed by atoms with Crippen molar-refractivity contribution >= 4 is 40.8 Å². The number of benzene rings is 2. The van der Waals surface area contributed by atoms with E-state index in [1.165, 1.54) is 30.3 Å². The molecule has 0 aliphatic heterocycles. The SMILES string of the molecule is O=C(Oc1cc(Cl)ccc1Oc1ccc(Cl)cc1Cl)C(F)(F)F. The molecule has 0 saturated heterocycles. The fourth-order valence-corrected chi connectivity index (χ4v) is 2.09. The van der Waals surface area contributed by atoms with Crippen LogP contribution in [-0.4, -0.2) is 12.1 Å². The van der Waals surface area contributed by atoms with Crippen LogP contribution in [-0.2, 0) is 4.79 Å². The summed E-state index contributed by atoms with van der Waals surface area (Å²) in [7, 11) is 0. The summed E-state index contributed by atoms with van der Waals surface area (Å²) in [5.41, 5.74) is 0. The molecule has 0 spiro atoms. The van der Waals surface area contributed by atoms with E-state index in [-0.39, 0.29) is 21.5 Å². The molecule has 3 nitrogen and oxygen atoms in total. The number of hydrogen-bond donors (Lipinski definition) is 0. The molecule has 2 aromatic carbocycles. The molecule has 122 valence electrons. The van der Waals surface area contributed by atoms with E-state index in [2.05, 4.69) is 4.74 Å². The Labute approximate surface area is 143 Å². The smallest absolute Gasteiger partial charge is 0.452 e. The first kappa shape index (κ1) is 17.7. The normalized spacial score (nSPS) is 11.2. The maximum Gasteiger partial charge on any atom is 0.491 e. The Balaban J connectivity index is 2.33. The number of halogens is 6. The van der Waals surface area contributed by atoms with Gasteiger partial charge in [-0.25, -0.2) is 4.79 Å². The van der Waals surface area contributed by atoms with Crippen LogP contribution in [0.4, 0.5) is 13.2 Å². The topological polar surface area (TPSA) is 35.5 Å². The number of esters is 1. The van der Waals surface area contributed by atoms with E-state index in [0.29, 0.717) is 5.02 Å². The molecule has 0 amide bonds. The van der Waals surface area contributed by atoms with Gasteiger partial charge in [-0.3, -0.25) is 0 Å². The third kappa shape index (κ3) is 4.67. The molecule has 0 aromatic heterocycles. The van der Waals surface area contributed by atoms with Crippen molar-refractivity contribution in [2.75, 3.05) is 0 Å². The molecule has 0 radical (unpaired) electrons. The van der Waals surface area contributed by atoms with Gasteiger partial charge in [-0.15, -0.1) is 0 Å². The highest BCUT2D eigenvalue weighted by atomic mass is 35.5. The molecule has 0 bridgehead atoms. The molecule has 9 heteroatoms. The summed E-state index contributed by atoms with van der Waals surface area (Å²) in [5, 5.41) is 0.534. The van der Waals surface area contributed by atoms with Crippen LogP contribution in [0, 0.1) is 0 Å². The first-order valence-corrected chi connectivity index (χ1v) is 7.01. The fraction of sp³-hybridized carbons (Fsp3) is 0.0714. The van der Waals surface area contributed by atoms with Gasteiger partial charge in [0, 0.05) is 16.1 Å². The second-order valence-electron chi connectivity index (χ2n) is 4.16. The molecule has 0 heterocycles. The van der Waals surface area contributed by atoms with E-state index >= 15 is 0 Å². The molecule has 23 heavy (non-hydrogen) atoms. The maximum atomic E-state index is 12.3. The average molecular weight is 386 g/mol. The van der Waals surface area contributed by atoms with E-state index < -0.39 is 17.9 Å². The number of alkyl halides is 3. The van der Waals surface area contributed by atoms with Gasteiger partial charge in [0.15, 0.2) is 11.5 Å². The Hall–Kier alpha value is -1.63. The van der Waals surface area contributed by atoms with Crippen molar-refractivity contribution in [3.63, 3.8) is 0 Å². The van der Waals surface area contributed by atoms with Gasteiger partial charge in [-0.2, -0.15) is 13.2 Å². The lowest BCUT2D eigenvalue weighted by Gasteiger charge is -2.13. The van der Waals surface area contributed by atoms with Gasteiger partial charge in [0.05, 0.1) is 5.02 Å². The minimum atomic E-state index is -5.16. The van der Waals surface area contributed by atoms with E-state index in [4.69, 9.17) is 39.5 Å². The lowest BCUT2D eigenvalue weighted by Crippen LogP contribution is -2.28. The summed E-state index contributed by atoms with van der Waals surface area (Å²) in [4.78, 5) is 11.0. The summed E-state index contributed by atoms with van der Waals surface area (Å²) in [5.74, 6) is -2.95. The van der Waals surface area contributed by atoms with Crippen molar-refractivity contribution in [3.8, 4) is 17.2 Å². The van der Waals surface area contributed by atoms with Crippen LogP contribution in [0.1, 0.15) is 0 Å². The van der Waals surface area contributed by atoms with Crippen molar-refractivity contribution in [1.29, 1.82) is 0 Å². The molecule has 0 saturated carbocycles. The van der Waals surface area contributed by atoms with Crippen molar-refractivity contribution < 1.29 is 27.4 Å². The van der Waals surface area contributed by atoms with Crippen LogP contribution < -0.4 is 9.47 Å². The summed E-state index contributed by atoms with van der Waals surface area (Å²) in [6.07, 6.45) is -5.16. The quantitative estimate of drug-likeness (QED) is 0.487. The van der Waals surface area contributed by atoms with E-state index in [1.54, 1.807) is 0 Å². The lowest BCUT2D eigenvalue weighted by molar-refractivity contribution is -0.189. The van der Waals surface area contributed by atoms with Gasteiger partial charge in [-0.1, -0.05) is 34.8 Å². The standard InChI is InChI=1S/C14H6Cl3F3O3/c15-7-1-3-10(9(17)5-7)22-11-4-2-8(16)6-12(11)23-13(21)14(18,19)20/h1-6H. The number of hydrogen-bond acceptors (Lipinski definition) is 3. The molecule has 0 fully saturated rings. The van der Waals surface area contributed by atoms with Gasteiger partial charge in [0.2, 0.25) is 0 Å². The predicted molar refractivity (Wildman–Crippen MR) is 79.7 cm³/mol.